The summed E-state index contributed by atoms with van der Waals surface area (Å²) in [5, 5.41) is 15.0. The monoisotopic (exact) mass is 334 g/mol. The number of aromatic hydroxyl groups is 1. The van der Waals surface area contributed by atoms with Crippen LogP contribution in [0.15, 0.2) is 34.4 Å². The van der Waals surface area contributed by atoms with E-state index in [0.29, 0.717) is 20.9 Å². The number of amides is 1. The number of hydrogen-bond donors (Lipinski definition) is 3. The number of aromatic nitrogens is 1. The zero-order valence-corrected chi connectivity index (χ0v) is 13.0. The van der Waals surface area contributed by atoms with E-state index in [4.69, 9.17) is 11.6 Å². The number of benzene rings is 1. The lowest BCUT2D eigenvalue weighted by atomic mass is 10.1. The van der Waals surface area contributed by atoms with Gasteiger partial charge in [-0.3, -0.25) is 9.59 Å². The van der Waals surface area contributed by atoms with Gasteiger partial charge in [-0.1, -0.05) is 17.7 Å². The van der Waals surface area contributed by atoms with Crippen LogP contribution in [0.3, 0.4) is 0 Å². The first-order valence-electron chi connectivity index (χ1n) is 6.37. The van der Waals surface area contributed by atoms with Crippen LogP contribution in [0.5, 0.6) is 5.75 Å². The second kappa shape index (κ2) is 5.47. The van der Waals surface area contributed by atoms with Gasteiger partial charge >= 0.3 is 0 Å². The van der Waals surface area contributed by atoms with Crippen LogP contribution < -0.4 is 10.9 Å². The summed E-state index contributed by atoms with van der Waals surface area (Å²) in [7, 11) is 0. The van der Waals surface area contributed by atoms with Crippen molar-refractivity contribution in [2.45, 2.75) is 6.92 Å². The molecule has 0 aliphatic carbocycles. The Bertz CT molecular complexity index is 946. The van der Waals surface area contributed by atoms with E-state index in [2.05, 4.69) is 10.3 Å². The molecule has 0 bridgehead atoms. The second-order valence-electron chi connectivity index (χ2n) is 4.75. The molecule has 7 heteroatoms. The molecule has 0 aliphatic rings. The maximum Gasteiger partial charge on any atom is 0.265 e. The third kappa shape index (κ3) is 2.47. The molecule has 0 aliphatic heterocycles. The Morgan fingerprint density at radius 2 is 2.14 bits per heavy atom. The highest BCUT2D eigenvalue weighted by molar-refractivity contribution is 7.17. The fraction of sp³-hybridized carbons (Fsp3) is 0.0667. The third-order valence-corrected chi connectivity index (χ3v) is 4.42. The Labute approximate surface area is 134 Å². The van der Waals surface area contributed by atoms with Gasteiger partial charge in [-0.05, 0) is 36.1 Å². The molecule has 0 fully saturated rings. The average Bonchev–Trinajstić information content (AvgIpc) is 2.91. The smallest absolute Gasteiger partial charge is 0.265 e. The molecule has 112 valence electrons. The van der Waals surface area contributed by atoms with E-state index in [9.17, 15) is 14.7 Å². The molecule has 1 amide bonds. The lowest BCUT2D eigenvalue weighted by Crippen LogP contribution is -2.23. The molecular formula is C15H11ClN2O3S. The normalized spacial score (nSPS) is 10.8. The molecule has 0 saturated heterocycles. The minimum atomic E-state index is -0.681. The minimum Gasteiger partial charge on any atom is -0.505 e. The molecular weight excluding hydrogens is 324 g/mol. The Morgan fingerprint density at radius 1 is 1.36 bits per heavy atom. The molecule has 5 nitrogen and oxygen atoms in total. The molecule has 22 heavy (non-hydrogen) atoms. The van der Waals surface area contributed by atoms with E-state index in [1.165, 1.54) is 11.3 Å². The van der Waals surface area contributed by atoms with Crippen molar-refractivity contribution in [3.63, 3.8) is 0 Å². The molecule has 0 unspecified atom stereocenters. The Kier molecular flexibility index (Phi) is 3.64. The molecule has 2 heterocycles. The highest BCUT2D eigenvalue weighted by Crippen LogP contribution is 2.30. The van der Waals surface area contributed by atoms with Gasteiger partial charge in [-0.2, -0.15) is 0 Å². The van der Waals surface area contributed by atoms with Gasteiger partial charge in [-0.25, -0.2) is 0 Å². The van der Waals surface area contributed by atoms with Crippen molar-refractivity contribution < 1.29 is 9.90 Å². The van der Waals surface area contributed by atoms with Gasteiger partial charge in [-0.15, -0.1) is 11.3 Å². The first-order valence-corrected chi connectivity index (χ1v) is 7.63. The molecule has 1 aromatic carbocycles. The van der Waals surface area contributed by atoms with E-state index < -0.39 is 11.5 Å². The predicted molar refractivity (Wildman–Crippen MR) is 88.3 cm³/mol. The van der Waals surface area contributed by atoms with Crippen LogP contribution in [0.25, 0.3) is 10.2 Å². The number of thiophene rings is 1. The number of carbonyl (C=O) groups excluding carboxylic acids is 1. The fourth-order valence-corrected chi connectivity index (χ4v) is 3.09. The molecule has 0 atom stereocenters. The molecule has 2 aromatic heterocycles. The standard InChI is InChI=1S/C15H11ClN2O3S/c1-7-2-3-8(16)6-10(7)18-15(21)11-12(19)13-9(4-5-22-13)17-14(11)20/h2-6H,1H3,(H,18,21)(H2,17,19,20). The second-order valence-corrected chi connectivity index (χ2v) is 6.11. The number of fused-ring (bicyclic) bond motifs is 1. The fourth-order valence-electron chi connectivity index (χ4n) is 2.12. The first-order chi connectivity index (χ1) is 10.5. The average molecular weight is 335 g/mol. The Morgan fingerprint density at radius 3 is 2.91 bits per heavy atom. The number of nitrogens with one attached hydrogen (secondary N) is 2. The van der Waals surface area contributed by atoms with Gasteiger partial charge in [0.1, 0.15) is 5.56 Å². The molecule has 0 radical (unpaired) electrons. The highest BCUT2D eigenvalue weighted by atomic mass is 35.5. The number of anilines is 1. The van der Waals surface area contributed by atoms with Gasteiger partial charge < -0.3 is 15.4 Å². The number of hydrogen-bond acceptors (Lipinski definition) is 4. The van der Waals surface area contributed by atoms with E-state index >= 15 is 0 Å². The number of halogens is 1. The zero-order chi connectivity index (χ0) is 15.9. The Balaban J connectivity index is 2.06. The van der Waals surface area contributed by atoms with Gasteiger partial charge in [0.05, 0.1) is 10.2 Å². The minimum absolute atomic E-state index is 0.311. The Hall–Kier alpha value is -2.31. The predicted octanol–water partition coefficient (Wildman–Crippen LogP) is 3.51. The van der Waals surface area contributed by atoms with Crippen LogP contribution in [0.1, 0.15) is 15.9 Å². The summed E-state index contributed by atoms with van der Waals surface area (Å²) in [6, 6.07) is 6.71. The highest BCUT2D eigenvalue weighted by Gasteiger charge is 2.20. The molecule has 3 aromatic rings. The van der Waals surface area contributed by atoms with Crippen molar-refractivity contribution in [3.8, 4) is 5.75 Å². The summed E-state index contributed by atoms with van der Waals surface area (Å²) in [5.74, 6) is -0.995. The SMILES string of the molecule is Cc1ccc(Cl)cc1NC(=O)c1c(O)c2sccc2[nH]c1=O. The van der Waals surface area contributed by atoms with Crippen molar-refractivity contribution in [1.82, 2.24) is 4.98 Å². The summed E-state index contributed by atoms with van der Waals surface area (Å²) in [5.41, 5.74) is 0.839. The van der Waals surface area contributed by atoms with Crippen LogP contribution >= 0.6 is 22.9 Å². The third-order valence-electron chi connectivity index (χ3n) is 3.27. The number of carbonyl (C=O) groups is 1. The zero-order valence-electron chi connectivity index (χ0n) is 11.4. The largest absolute Gasteiger partial charge is 0.505 e. The van der Waals surface area contributed by atoms with Gasteiger partial charge in [0.2, 0.25) is 0 Å². The van der Waals surface area contributed by atoms with Crippen LogP contribution in [-0.2, 0) is 0 Å². The number of pyridine rings is 1. The topological polar surface area (TPSA) is 82.2 Å². The van der Waals surface area contributed by atoms with E-state index in [1.807, 2.05) is 0 Å². The summed E-state index contributed by atoms with van der Waals surface area (Å²) >= 11 is 7.15. The molecule has 0 saturated carbocycles. The lowest BCUT2D eigenvalue weighted by molar-refractivity contribution is 0.102. The number of aryl methyl sites for hydroxylation is 1. The first kappa shape index (κ1) is 14.6. The van der Waals surface area contributed by atoms with Crippen molar-refractivity contribution in [3.05, 3.63) is 56.1 Å². The van der Waals surface area contributed by atoms with Crippen LogP contribution in [0.4, 0.5) is 5.69 Å². The van der Waals surface area contributed by atoms with E-state index in [1.54, 1.807) is 36.6 Å². The maximum absolute atomic E-state index is 12.4. The molecule has 3 rings (SSSR count). The van der Waals surface area contributed by atoms with Crippen LogP contribution in [0, 0.1) is 6.92 Å². The van der Waals surface area contributed by atoms with E-state index in [0.717, 1.165) is 5.56 Å². The van der Waals surface area contributed by atoms with E-state index in [-0.39, 0.29) is 11.3 Å². The summed E-state index contributed by atoms with van der Waals surface area (Å²) in [4.78, 5) is 27.0. The van der Waals surface area contributed by atoms with Crippen molar-refractivity contribution in [2.75, 3.05) is 5.32 Å². The lowest BCUT2D eigenvalue weighted by Gasteiger charge is -2.09. The quantitative estimate of drug-likeness (QED) is 0.670. The number of aromatic amines is 1. The summed E-state index contributed by atoms with van der Waals surface area (Å²) in [6.45, 7) is 1.80. The van der Waals surface area contributed by atoms with Gasteiger partial charge in [0.15, 0.2) is 5.75 Å². The summed E-state index contributed by atoms with van der Waals surface area (Å²) in [6.07, 6.45) is 0. The number of rotatable bonds is 2. The van der Waals surface area contributed by atoms with Crippen molar-refractivity contribution in [1.29, 1.82) is 0 Å². The summed E-state index contributed by atoms with van der Waals surface area (Å²) < 4.78 is 0.465. The van der Waals surface area contributed by atoms with Crippen molar-refractivity contribution >= 4 is 44.7 Å². The molecule has 3 N–H and O–H groups in total. The van der Waals surface area contributed by atoms with Crippen molar-refractivity contribution in [2.24, 2.45) is 0 Å². The van der Waals surface area contributed by atoms with Gasteiger partial charge in [0.25, 0.3) is 11.5 Å². The maximum atomic E-state index is 12.4. The van der Waals surface area contributed by atoms with Crippen LogP contribution in [-0.4, -0.2) is 16.0 Å². The molecule has 0 spiro atoms. The van der Waals surface area contributed by atoms with Gasteiger partial charge in [0, 0.05) is 10.7 Å². The van der Waals surface area contributed by atoms with Crippen LogP contribution in [0.2, 0.25) is 5.02 Å². The number of H-pyrrole nitrogens is 1.